The second-order valence-electron chi connectivity index (χ2n) is 8.37. The van der Waals surface area contributed by atoms with Crippen molar-refractivity contribution in [1.82, 2.24) is 25.5 Å². The fourth-order valence-corrected chi connectivity index (χ4v) is 5.25. The molecule has 5 rings (SSSR count). The van der Waals surface area contributed by atoms with Gasteiger partial charge in [-0.3, -0.25) is 9.59 Å². The second-order valence-corrected chi connectivity index (χ2v) is 8.37. The summed E-state index contributed by atoms with van der Waals surface area (Å²) < 4.78 is 6.61. The molecule has 0 unspecified atom stereocenters. The van der Waals surface area contributed by atoms with Gasteiger partial charge in [0.1, 0.15) is 6.33 Å². The molecule has 1 saturated carbocycles. The molecule has 27 heavy (non-hydrogen) atoms. The van der Waals surface area contributed by atoms with Crippen molar-refractivity contribution in [3.8, 4) is 0 Å². The number of nitrogens with one attached hydrogen (secondary N) is 2. The van der Waals surface area contributed by atoms with Crippen LogP contribution in [0.4, 0.5) is 0 Å². The molecule has 1 aliphatic carbocycles. The number of hydrogen-bond acceptors (Lipinski definition) is 6. The summed E-state index contributed by atoms with van der Waals surface area (Å²) in [5, 5.41) is 6.35. The molecule has 2 N–H and O–H groups in total. The number of aryl methyl sites for hydroxylation is 1. The second kappa shape index (κ2) is 6.24. The summed E-state index contributed by atoms with van der Waals surface area (Å²) in [5.41, 5.74) is -0.223. The van der Waals surface area contributed by atoms with Crippen LogP contribution in [0.3, 0.4) is 0 Å². The molecule has 3 aliphatic heterocycles. The highest BCUT2D eigenvalue weighted by atomic mass is 16.5. The van der Waals surface area contributed by atoms with E-state index in [9.17, 15) is 9.59 Å². The van der Waals surface area contributed by atoms with Crippen LogP contribution >= 0.6 is 0 Å². The Labute approximate surface area is 159 Å². The van der Waals surface area contributed by atoms with E-state index in [-0.39, 0.29) is 11.8 Å². The van der Waals surface area contributed by atoms with Crippen LogP contribution in [0.25, 0.3) is 0 Å². The lowest BCUT2D eigenvalue weighted by atomic mass is 9.53. The number of rotatable bonds is 4. The Balaban J connectivity index is 1.51. The third-order valence-electron chi connectivity index (χ3n) is 6.49. The van der Waals surface area contributed by atoms with Gasteiger partial charge in [-0.05, 0) is 45.7 Å². The van der Waals surface area contributed by atoms with Gasteiger partial charge in [0.2, 0.25) is 5.91 Å². The first-order valence-corrected chi connectivity index (χ1v) is 9.51. The molecule has 3 saturated heterocycles. The van der Waals surface area contributed by atoms with Gasteiger partial charge in [0, 0.05) is 26.8 Å². The number of nitrogens with zero attached hydrogens (tertiary/aromatic N) is 3. The van der Waals surface area contributed by atoms with E-state index in [1.165, 1.54) is 12.5 Å². The highest BCUT2D eigenvalue weighted by molar-refractivity contribution is 5.95. The minimum absolute atomic E-state index is 0.149. The molecule has 0 aromatic carbocycles. The number of amides is 2. The first-order chi connectivity index (χ1) is 12.8. The lowest BCUT2D eigenvalue weighted by molar-refractivity contribution is -0.149. The SMILES string of the molecule is Cc1ncncc1C(=O)NCC12CC(C(=O)N(C)C)(C1)C1(CCNCC1)O2. The molecule has 2 bridgehead atoms. The van der Waals surface area contributed by atoms with Crippen LogP contribution in [-0.4, -0.2) is 71.6 Å². The molecule has 4 fully saturated rings. The Hall–Kier alpha value is -2.06. The van der Waals surface area contributed by atoms with Crippen LogP contribution in [0.2, 0.25) is 0 Å². The maximum atomic E-state index is 13.0. The summed E-state index contributed by atoms with van der Waals surface area (Å²) in [6, 6.07) is 0. The molecule has 4 heterocycles. The zero-order valence-electron chi connectivity index (χ0n) is 16.2. The van der Waals surface area contributed by atoms with E-state index in [2.05, 4.69) is 20.6 Å². The van der Waals surface area contributed by atoms with E-state index in [4.69, 9.17) is 4.74 Å². The molecule has 8 nitrogen and oxygen atoms in total. The van der Waals surface area contributed by atoms with E-state index < -0.39 is 16.6 Å². The summed E-state index contributed by atoms with van der Waals surface area (Å²) in [4.78, 5) is 35.3. The largest absolute Gasteiger partial charge is 0.365 e. The van der Waals surface area contributed by atoms with Crippen LogP contribution in [0, 0.1) is 12.3 Å². The van der Waals surface area contributed by atoms with Crippen LogP contribution in [0.1, 0.15) is 41.7 Å². The molecule has 0 radical (unpaired) electrons. The number of aromatic nitrogens is 2. The van der Waals surface area contributed by atoms with E-state index in [0.29, 0.717) is 30.6 Å². The van der Waals surface area contributed by atoms with Gasteiger partial charge in [0.25, 0.3) is 5.91 Å². The van der Waals surface area contributed by atoms with Crippen molar-refractivity contribution in [3.63, 3.8) is 0 Å². The fraction of sp³-hybridized carbons (Fsp3) is 0.684. The standard InChI is InChI=1S/C19H27N5O3/c1-13-14(8-21-12-23-13)15(25)22-11-17-9-18(10-17,16(26)24(2)3)19(27-17)4-6-20-7-5-19/h8,12,20H,4-7,9-11H2,1-3H3,(H,22,25). The van der Waals surface area contributed by atoms with Crippen molar-refractivity contribution in [2.75, 3.05) is 33.7 Å². The number of carbonyl (C=O) groups is 2. The Kier molecular flexibility index (Phi) is 4.23. The van der Waals surface area contributed by atoms with Gasteiger partial charge in [-0.25, -0.2) is 9.97 Å². The minimum Gasteiger partial charge on any atom is -0.365 e. The fourth-order valence-electron chi connectivity index (χ4n) is 5.25. The Morgan fingerprint density at radius 2 is 2.00 bits per heavy atom. The third-order valence-corrected chi connectivity index (χ3v) is 6.49. The quantitative estimate of drug-likeness (QED) is 0.787. The van der Waals surface area contributed by atoms with Gasteiger partial charge in [0.05, 0.1) is 27.9 Å². The third kappa shape index (κ3) is 2.65. The Morgan fingerprint density at radius 3 is 2.63 bits per heavy atom. The Bertz CT molecular complexity index is 766. The molecule has 4 aliphatic rings. The van der Waals surface area contributed by atoms with Crippen molar-refractivity contribution in [1.29, 1.82) is 0 Å². The molecule has 1 aromatic rings. The van der Waals surface area contributed by atoms with E-state index in [1.807, 2.05) is 14.1 Å². The van der Waals surface area contributed by atoms with Gasteiger partial charge in [-0.2, -0.15) is 0 Å². The van der Waals surface area contributed by atoms with Crippen molar-refractivity contribution in [3.05, 3.63) is 23.8 Å². The van der Waals surface area contributed by atoms with Crippen molar-refractivity contribution in [2.45, 2.75) is 43.8 Å². The van der Waals surface area contributed by atoms with Crippen molar-refractivity contribution < 1.29 is 14.3 Å². The monoisotopic (exact) mass is 373 g/mol. The van der Waals surface area contributed by atoms with Crippen LogP contribution in [0.5, 0.6) is 0 Å². The highest BCUT2D eigenvalue weighted by Gasteiger charge is 2.77. The van der Waals surface area contributed by atoms with Crippen LogP contribution in [-0.2, 0) is 9.53 Å². The first kappa shape index (κ1) is 18.3. The molecule has 2 amide bonds. The summed E-state index contributed by atoms with van der Waals surface area (Å²) in [7, 11) is 3.62. The average molecular weight is 373 g/mol. The summed E-state index contributed by atoms with van der Waals surface area (Å²) >= 11 is 0. The smallest absolute Gasteiger partial charge is 0.254 e. The molecule has 8 heteroatoms. The maximum Gasteiger partial charge on any atom is 0.254 e. The molecule has 146 valence electrons. The minimum atomic E-state index is -0.463. The van der Waals surface area contributed by atoms with E-state index in [1.54, 1.807) is 11.8 Å². The zero-order valence-corrected chi connectivity index (χ0v) is 16.2. The Morgan fingerprint density at radius 1 is 1.30 bits per heavy atom. The number of ether oxygens (including phenoxy) is 1. The molecular formula is C19H27N5O3. The summed E-state index contributed by atoms with van der Waals surface area (Å²) in [6.07, 6.45) is 5.95. The summed E-state index contributed by atoms with van der Waals surface area (Å²) in [6.45, 7) is 3.89. The van der Waals surface area contributed by atoms with Crippen molar-refractivity contribution in [2.24, 2.45) is 5.41 Å². The van der Waals surface area contributed by atoms with Gasteiger partial charge in [0.15, 0.2) is 0 Å². The number of piperidine rings is 1. The molecule has 1 spiro atoms. The van der Waals surface area contributed by atoms with Crippen molar-refractivity contribution >= 4 is 11.8 Å². The first-order valence-electron chi connectivity index (χ1n) is 9.51. The molecule has 0 atom stereocenters. The molecular weight excluding hydrogens is 346 g/mol. The number of carbonyl (C=O) groups excluding carboxylic acids is 2. The molecule has 1 aromatic heterocycles. The normalized spacial score (nSPS) is 30.6. The van der Waals surface area contributed by atoms with Crippen LogP contribution in [0.15, 0.2) is 12.5 Å². The van der Waals surface area contributed by atoms with E-state index >= 15 is 0 Å². The van der Waals surface area contributed by atoms with Gasteiger partial charge < -0.3 is 20.3 Å². The summed E-state index contributed by atoms with van der Waals surface area (Å²) in [5.74, 6) is -0.0510. The van der Waals surface area contributed by atoms with Gasteiger partial charge in [-0.1, -0.05) is 0 Å². The van der Waals surface area contributed by atoms with E-state index in [0.717, 1.165) is 25.9 Å². The van der Waals surface area contributed by atoms with Crippen LogP contribution < -0.4 is 10.6 Å². The predicted molar refractivity (Wildman–Crippen MR) is 98.1 cm³/mol. The maximum absolute atomic E-state index is 13.0. The lowest BCUT2D eigenvalue weighted by Crippen LogP contribution is -2.61. The number of hydrogen-bond donors (Lipinski definition) is 2. The van der Waals surface area contributed by atoms with Gasteiger partial charge in [-0.15, -0.1) is 0 Å². The topological polar surface area (TPSA) is 96.5 Å². The predicted octanol–water partition coefficient (Wildman–Crippen LogP) is 0.274. The highest BCUT2D eigenvalue weighted by Crippen LogP contribution is 2.69. The zero-order chi connectivity index (χ0) is 19.3. The van der Waals surface area contributed by atoms with Gasteiger partial charge >= 0.3 is 0 Å². The lowest BCUT2D eigenvalue weighted by Gasteiger charge is -2.49. The average Bonchev–Trinajstić information content (AvgIpc) is 3.04.